The summed E-state index contributed by atoms with van der Waals surface area (Å²) in [6, 6.07) is 3.33. The molecule has 0 atom stereocenters. The third-order valence-corrected chi connectivity index (χ3v) is 4.24. The Morgan fingerprint density at radius 3 is 2.71 bits per heavy atom. The van der Waals surface area contributed by atoms with Gasteiger partial charge in [0.25, 0.3) is 5.56 Å². The van der Waals surface area contributed by atoms with Gasteiger partial charge in [0.05, 0.1) is 5.69 Å². The van der Waals surface area contributed by atoms with Crippen molar-refractivity contribution in [1.82, 2.24) is 19.9 Å². The molecule has 0 radical (unpaired) electrons. The second kappa shape index (κ2) is 6.71. The number of H-pyrrole nitrogens is 1. The number of nitrogens with one attached hydrogen (secondary N) is 1. The molecule has 0 saturated carbocycles. The van der Waals surface area contributed by atoms with Gasteiger partial charge in [0, 0.05) is 37.3 Å². The van der Waals surface area contributed by atoms with Gasteiger partial charge < -0.3 is 4.90 Å². The Kier molecular flexibility index (Phi) is 4.49. The van der Waals surface area contributed by atoms with Gasteiger partial charge in [-0.3, -0.25) is 9.78 Å². The lowest BCUT2D eigenvalue weighted by Crippen LogP contribution is -2.32. The zero-order chi connectivity index (χ0) is 14.5. The lowest BCUT2D eigenvalue weighted by Gasteiger charge is -2.27. The Bertz CT molecular complexity index is 639. The van der Waals surface area contributed by atoms with Gasteiger partial charge in [-0.1, -0.05) is 11.8 Å². The first-order valence-electron chi connectivity index (χ1n) is 7.06. The van der Waals surface area contributed by atoms with Gasteiger partial charge in [-0.15, -0.1) is 0 Å². The highest BCUT2D eigenvalue weighted by molar-refractivity contribution is 7.98. The fraction of sp³-hybridized carbons (Fsp3) is 0.429. The van der Waals surface area contributed by atoms with E-state index >= 15 is 0 Å². The zero-order valence-electron chi connectivity index (χ0n) is 11.7. The van der Waals surface area contributed by atoms with Crippen LogP contribution in [0.15, 0.2) is 34.5 Å². The van der Waals surface area contributed by atoms with Crippen LogP contribution < -0.4 is 10.5 Å². The molecule has 6 nitrogen and oxygen atoms in total. The second-order valence-electron chi connectivity index (χ2n) is 4.93. The maximum absolute atomic E-state index is 11.8. The van der Waals surface area contributed by atoms with Crippen molar-refractivity contribution in [2.24, 2.45) is 0 Å². The summed E-state index contributed by atoms with van der Waals surface area (Å²) >= 11 is 1.48. The minimum atomic E-state index is -0.102. The summed E-state index contributed by atoms with van der Waals surface area (Å²) < 4.78 is 0. The maximum atomic E-state index is 11.8. The Labute approximate surface area is 127 Å². The minimum absolute atomic E-state index is 0.102. The molecule has 1 aliphatic heterocycles. The summed E-state index contributed by atoms with van der Waals surface area (Å²) in [5.74, 6) is 1.28. The number of nitrogens with zero attached hydrogens (tertiary/aromatic N) is 4. The molecular weight excluding hydrogens is 286 g/mol. The van der Waals surface area contributed by atoms with Crippen molar-refractivity contribution in [2.75, 3.05) is 18.0 Å². The molecule has 0 aliphatic carbocycles. The van der Waals surface area contributed by atoms with E-state index in [1.807, 2.05) is 0 Å². The third-order valence-electron chi connectivity index (χ3n) is 3.33. The maximum Gasteiger partial charge on any atom is 0.252 e. The molecule has 7 heteroatoms. The molecule has 2 aromatic rings. The molecule has 0 spiro atoms. The van der Waals surface area contributed by atoms with Crippen LogP contribution in [-0.4, -0.2) is 33.0 Å². The summed E-state index contributed by atoms with van der Waals surface area (Å²) in [5.41, 5.74) is 0.659. The monoisotopic (exact) mass is 303 g/mol. The van der Waals surface area contributed by atoms with Crippen LogP contribution in [-0.2, 0) is 5.75 Å². The van der Waals surface area contributed by atoms with E-state index < -0.39 is 0 Å². The molecule has 110 valence electrons. The highest BCUT2D eigenvalue weighted by Crippen LogP contribution is 2.19. The van der Waals surface area contributed by atoms with E-state index in [2.05, 4.69) is 24.8 Å². The van der Waals surface area contributed by atoms with Gasteiger partial charge in [-0.05, 0) is 25.3 Å². The van der Waals surface area contributed by atoms with E-state index in [0.29, 0.717) is 16.9 Å². The van der Waals surface area contributed by atoms with Crippen LogP contribution in [0.4, 0.5) is 5.95 Å². The largest absolute Gasteiger partial charge is 0.342 e. The summed E-state index contributed by atoms with van der Waals surface area (Å²) in [6.07, 6.45) is 6.97. The molecule has 1 N–H and O–H groups in total. The molecule has 0 aromatic carbocycles. The van der Waals surface area contributed by atoms with Crippen LogP contribution in [0, 0.1) is 0 Å². The van der Waals surface area contributed by atoms with E-state index in [1.54, 1.807) is 24.5 Å². The number of thioether (sulfide) groups is 1. The minimum Gasteiger partial charge on any atom is -0.342 e. The standard InChI is InChI=1S/C14H17N5OS/c20-12-9-11(10-21-14-15-5-4-6-16-14)17-13(18-12)19-7-2-1-3-8-19/h4-6,9H,1-3,7-8,10H2,(H,17,18,20). The number of aromatic amines is 1. The Morgan fingerprint density at radius 2 is 1.95 bits per heavy atom. The van der Waals surface area contributed by atoms with Crippen molar-refractivity contribution in [1.29, 1.82) is 0 Å². The van der Waals surface area contributed by atoms with Crippen LogP contribution in [0.2, 0.25) is 0 Å². The lowest BCUT2D eigenvalue weighted by molar-refractivity contribution is 0.567. The molecule has 1 aliphatic rings. The van der Waals surface area contributed by atoms with Crippen molar-refractivity contribution in [3.63, 3.8) is 0 Å². The number of rotatable bonds is 4. The van der Waals surface area contributed by atoms with E-state index in [-0.39, 0.29) is 5.56 Å². The summed E-state index contributed by atoms with van der Waals surface area (Å²) in [7, 11) is 0. The molecule has 3 heterocycles. The van der Waals surface area contributed by atoms with E-state index in [1.165, 1.54) is 18.2 Å². The number of piperidine rings is 1. The molecule has 0 bridgehead atoms. The van der Waals surface area contributed by atoms with E-state index in [9.17, 15) is 4.79 Å². The SMILES string of the molecule is O=c1cc(CSc2ncccn2)nc(N2CCCCC2)[nH]1. The Hall–Kier alpha value is -1.89. The number of anilines is 1. The van der Waals surface area contributed by atoms with E-state index in [0.717, 1.165) is 31.6 Å². The van der Waals surface area contributed by atoms with Gasteiger partial charge in [-0.25, -0.2) is 15.0 Å². The fourth-order valence-electron chi connectivity index (χ4n) is 2.32. The van der Waals surface area contributed by atoms with Crippen molar-refractivity contribution < 1.29 is 0 Å². The Balaban J connectivity index is 1.73. The first-order valence-corrected chi connectivity index (χ1v) is 8.05. The predicted molar refractivity (Wildman–Crippen MR) is 82.5 cm³/mol. The van der Waals surface area contributed by atoms with Crippen molar-refractivity contribution >= 4 is 17.7 Å². The normalized spacial score (nSPS) is 15.1. The highest BCUT2D eigenvalue weighted by atomic mass is 32.2. The summed E-state index contributed by atoms with van der Waals surface area (Å²) in [5, 5.41) is 0.694. The molecule has 1 fully saturated rings. The molecule has 3 rings (SSSR count). The number of hydrogen-bond donors (Lipinski definition) is 1. The summed E-state index contributed by atoms with van der Waals surface area (Å²) in [4.78, 5) is 29.7. The average Bonchev–Trinajstić information content (AvgIpc) is 2.54. The molecule has 0 unspecified atom stereocenters. The second-order valence-corrected chi connectivity index (χ2v) is 5.87. The van der Waals surface area contributed by atoms with Gasteiger partial charge in [0.2, 0.25) is 5.95 Å². The summed E-state index contributed by atoms with van der Waals surface area (Å²) in [6.45, 7) is 1.92. The van der Waals surface area contributed by atoms with E-state index in [4.69, 9.17) is 0 Å². The number of hydrogen-bond acceptors (Lipinski definition) is 6. The van der Waals surface area contributed by atoms with Gasteiger partial charge >= 0.3 is 0 Å². The molecule has 0 amide bonds. The average molecular weight is 303 g/mol. The molecule has 2 aromatic heterocycles. The van der Waals surface area contributed by atoms with Crippen LogP contribution >= 0.6 is 11.8 Å². The molecular formula is C14H17N5OS. The molecule has 1 saturated heterocycles. The predicted octanol–water partition coefficient (Wildman–Crippen LogP) is 1.84. The quantitative estimate of drug-likeness (QED) is 0.686. The Morgan fingerprint density at radius 1 is 1.19 bits per heavy atom. The number of aromatic nitrogens is 4. The first kappa shape index (κ1) is 14.1. The lowest BCUT2D eigenvalue weighted by atomic mass is 10.1. The van der Waals surface area contributed by atoms with Crippen LogP contribution in [0.5, 0.6) is 0 Å². The fourth-order valence-corrected chi connectivity index (χ4v) is 3.02. The molecule has 21 heavy (non-hydrogen) atoms. The van der Waals surface area contributed by atoms with Gasteiger partial charge in [0.15, 0.2) is 5.16 Å². The van der Waals surface area contributed by atoms with Crippen LogP contribution in [0.3, 0.4) is 0 Å². The van der Waals surface area contributed by atoms with Crippen molar-refractivity contribution in [3.05, 3.63) is 40.6 Å². The first-order chi connectivity index (χ1) is 10.3. The van der Waals surface area contributed by atoms with Crippen LogP contribution in [0.1, 0.15) is 25.0 Å². The van der Waals surface area contributed by atoms with Crippen molar-refractivity contribution in [2.45, 2.75) is 30.2 Å². The van der Waals surface area contributed by atoms with Crippen LogP contribution in [0.25, 0.3) is 0 Å². The van der Waals surface area contributed by atoms with Gasteiger partial charge in [-0.2, -0.15) is 0 Å². The zero-order valence-corrected chi connectivity index (χ0v) is 12.5. The highest BCUT2D eigenvalue weighted by Gasteiger charge is 2.14. The topological polar surface area (TPSA) is 74.8 Å². The third kappa shape index (κ3) is 3.81. The smallest absolute Gasteiger partial charge is 0.252 e. The van der Waals surface area contributed by atoms with Crippen molar-refractivity contribution in [3.8, 4) is 0 Å². The van der Waals surface area contributed by atoms with Gasteiger partial charge in [0.1, 0.15) is 0 Å².